The number of para-hydroxylation sites is 2. The third-order valence-electron chi connectivity index (χ3n) is 9.89. The molecule has 0 unspecified atom stereocenters. The Kier molecular flexibility index (Phi) is 7.68. The topological polar surface area (TPSA) is 8.17 Å². The monoisotopic (exact) mass is 640 g/mol. The van der Waals surface area contributed by atoms with Gasteiger partial charge in [0.25, 0.3) is 0 Å². The van der Waals surface area contributed by atoms with Crippen molar-refractivity contribution >= 4 is 44.4 Å². The third kappa shape index (κ3) is 5.51. The van der Waals surface area contributed by atoms with Crippen molar-refractivity contribution in [2.75, 3.05) is 4.90 Å². The van der Waals surface area contributed by atoms with E-state index >= 15 is 0 Å². The maximum absolute atomic E-state index is 2.42. The molecule has 0 amide bonds. The molecule has 0 aliphatic heterocycles. The smallest absolute Gasteiger partial charge is 0.0561 e. The lowest BCUT2D eigenvalue weighted by atomic mass is 9.97. The number of anilines is 3. The predicted molar refractivity (Wildman–Crippen MR) is 213 cm³/mol. The van der Waals surface area contributed by atoms with Crippen LogP contribution in [0.15, 0.2) is 194 Å². The fourth-order valence-corrected chi connectivity index (χ4v) is 7.36. The van der Waals surface area contributed by atoms with Gasteiger partial charge in [-0.25, -0.2) is 0 Å². The molecule has 8 aromatic rings. The lowest BCUT2D eigenvalue weighted by molar-refractivity contribution is 1.05. The minimum atomic E-state index is 1.09. The van der Waals surface area contributed by atoms with Gasteiger partial charge in [-0.05, 0) is 101 Å². The van der Waals surface area contributed by atoms with Crippen LogP contribution in [0.2, 0.25) is 0 Å². The third-order valence-corrected chi connectivity index (χ3v) is 9.89. The van der Waals surface area contributed by atoms with Gasteiger partial charge in [0.05, 0.1) is 11.0 Å². The molecule has 0 N–H and O–H groups in total. The molecular weight excluding hydrogens is 605 g/mol. The van der Waals surface area contributed by atoms with Crippen LogP contribution in [-0.2, 0) is 0 Å². The minimum Gasteiger partial charge on any atom is -0.310 e. The fourth-order valence-electron chi connectivity index (χ4n) is 7.36. The molecule has 50 heavy (non-hydrogen) atoms. The molecule has 1 aliphatic rings. The van der Waals surface area contributed by atoms with Crippen LogP contribution in [0.25, 0.3) is 55.3 Å². The van der Waals surface area contributed by atoms with Gasteiger partial charge < -0.3 is 9.47 Å². The molecule has 0 bridgehead atoms. The quantitative estimate of drug-likeness (QED) is 0.168. The Morgan fingerprint density at radius 3 is 1.64 bits per heavy atom. The Morgan fingerprint density at radius 1 is 0.420 bits per heavy atom. The first-order chi connectivity index (χ1) is 24.8. The van der Waals surface area contributed by atoms with E-state index in [0.717, 1.165) is 35.6 Å². The normalized spacial score (nSPS) is 12.7. The Hall–Kier alpha value is -6.38. The molecule has 0 saturated carbocycles. The summed E-state index contributed by atoms with van der Waals surface area (Å²) in [7, 11) is 0. The largest absolute Gasteiger partial charge is 0.310 e. The van der Waals surface area contributed by atoms with Crippen LogP contribution in [-0.4, -0.2) is 4.57 Å². The van der Waals surface area contributed by atoms with Gasteiger partial charge in [-0.3, -0.25) is 0 Å². The van der Waals surface area contributed by atoms with Crippen LogP contribution in [0.1, 0.15) is 18.4 Å². The first kappa shape index (κ1) is 29.7. The van der Waals surface area contributed by atoms with Crippen molar-refractivity contribution in [3.8, 4) is 27.9 Å². The zero-order valence-electron chi connectivity index (χ0n) is 27.8. The molecule has 0 atom stereocenters. The molecule has 0 radical (unpaired) electrons. The van der Waals surface area contributed by atoms with Gasteiger partial charge in [-0.1, -0.05) is 140 Å². The van der Waals surface area contributed by atoms with E-state index in [1.807, 2.05) is 0 Å². The number of rotatable bonds is 7. The Bertz CT molecular complexity index is 2480. The fraction of sp³-hybridized carbons (Fsp3) is 0.0417. The van der Waals surface area contributed by atoms with Crippen LogP contribution < -0.4 is 4.90 Å². The second-order valence-electron chi connectivity index (χ2n) is 12.9. The molecule has 0 saturated heterocycles. The van der Waals surface area contributed by atoms with E-state index in [1.165, 1.54) is 55.2 Å². The van der Waals surface area contributed by atoms with E-state index in [4.69, 9.17) is 0 Å². The number of allylic oxidation sites excluding steroid dienone is 4. The van der Waals surface area contributed by atoms with Crippen LogP contribution in [0, 0.1) is 0 Å². The summed E-state index contributed by atoms with van der Waals surface area (Å²) in [6, 6.07) is 63.7. The Balaban J connectivity index is 1.12. The number of fused-ring (bicyclic) bond motifs is 3. The summed E-state index contributed by atoms with van der Waals surface area (Å²) in [6.45, 7) is 0. The average molecular weight is 641 g/mol. The van der Waals surface area contributed by atoms with Crippen molar-refractivity contribution in [2.45, 2.75) is 12.8 Å². The second-order valence-corrected chi connectivity index (χ2v) is 12.9. The summed E-state index contributed by atoms with van der Waals surface area (Å²) in [5, 5.41) is 2.50. The Labute approximate surface area is 293 Å². The van der Waals surface area contributed by atoms with Crippen LogP contribution in [0.5, 0.6) is 0 Å². The van der Waals surface area contributed by atoms with Crippen molar-refractivity contribution in [2.24, 2.45) is 0 Å². The van der Waals surface area contributed by atoms with Gasteiger partial charge in [0.1, 0.15) is 0 Å². The lowest BCUT2D eigenvalue weighted by Crippen LogP contribution is -2.10. The maximum atomic E-state index is 2.42. The molecular formula is C48H36N2. The molecule has 0 spiro atoms. The molecule has 2 heteroatoms. The molecule has 238 valence electrons. The summed E-state index contributed by atoms with van der Waals surface area (Å²) in [5.41, 5.74) is 14.5. The van der Waals surface area contributed by atoms with Crippen molar-refractivity contribution < 1.29 is 0 Å². The standard InChI is InChI=1S/C48H36N2/c1-4-12-35(13-5-1)37-20-22-38(23-21-37)40-24-28-42(29-25-40)49(41-16-8-3-9-17-41)44-32-33-46-45-18-10-11-19-47(45)50(48(46)34-44)43-30-26-39(27-31-43)36-14-6-2-7-15-36/h1-6,8-14,16-34H,7,15H2. The zero-order valence-corrected chi connectivity index (χ0v) is 27.8. The lowest BCUT2D eigenvalue weighted by Gasteiger charge is -2.26. The predicted octanol–water partition coefficient (Wildman–Crippen LogP) is 13.3. The van der Waals surface area contributed by atoms with E-state index in [0.29, 0.717) is 0 Å². The van der Waals surface area contributed by atoms with Gasteiger partial charge in [-0.15, -0.1) is 0 Å². The minimum absolute atomic E-state index is 1.09. The summed E-state index contributed by atoms with van der Waals surface area (Å²) >= 11 is 0. The first-order valence-corrected chi connectivity index (χ1v) is 17.4. The van der Waals surface area contributed by atoms with Crippen molar-refractivity contribution in [3.05, 3.63) is 200 Å². The van der Waals surface area contributed by atoms with Crippen molar-refractivity contribution in [3.63, 3.8) is 0 Å². The van der Waals surface area contributed by atoms with Crippen molar-refractivity contribution in [1.29, 1.82) is 0 Å². The first-order valence-electron chi connectivity index (χ1n) is 17.4. The van der Waals surface area contributed by atoms with Gasteiger partial charge in [0.15, 0.2) is 0 Å². The van der Waals surface area contributed by atoms with Crippen LogP contribution in [0.3, 0.4) is 0 Å². The summed E-state index contributed by atoms with van der Waals surface area (Å²) in [5.74, 6) is 0. The molecule has 1 aromatic heterocycles. The van der Waals surface area contributed by atoms with Gasteiger partial charge in [0, 0.05) is 33.5 Å². The zero-order chi connectivity index (χ0) is 33.3. The van der Waals surface area contributed by atoms with Gasteiger partial charge >= 0.3 is 0 Å². The second kappa shape index (κ2) is 12.9. The van der Waals surface area contributed by atoms with E-state index in [1.54, 1.807) is 0 Å². The van der Waals surface area contributed by atoms with E-state index in [9.17, 15) is 0 Å². The Morgan fingerprint density at radius 2 is 0.960 bits per heavy atom. The van der Waals surface area contributed by atoms with Crippen LogP contribution >= 0.6 is 0 Å². The summed E-state index contributed by atoms with van der Waals surface area (Å²) < 4.78 is 2.42. The van der Waals surface area contributed by atoms with E-state index in [2.05, 4.69) is 204 Å². The van der Waals surface area contributed by atoms with Crippen molar-refractivity contribution in [1.82, 2.24) is 4.57 Å². The van der Waals surface area contributed by atoms with Gasteiger partial charge in [0.2, 0.25) is 0 Å². The number of hydrogen-bond acceptors (Lipinski definition) is 1. The molecule has 7 aromatic carbocycles. The van der Waals surface area contributed by atoms with Crippen LogP contribution in [0.4, 0.5) is 17.1 Å². The molecule has 1 heterocycles. The average Bonchev–Trinajstić information content (AvgIpc) is 3.53. The summed E-state index contributed by atoms with van der Waals surface area (Å²) in [4.78, 5) is 2.36. The van der Waals surface area contributed by atoms with Gasteiger partial charge in [-0.2, -0.15) is 0 Å². The number of benzene rings is 7. The highest BCUT2D eigenvalue weighted by Gasteiger charge is 2.18. The molecule has 9 rings (SSSR count). The summed E-state index contributed by atoms with van der Waals surface area (Å²) in [6.07, 6.45) is 8.86. The molecule has 0 fully saturated rings. The maximum Gasteiger partial charge on any atom is 0.0561 e. The highest BCUT2D eigenvalue weighted by atomic mass is 15.1. The highest BCUT2D eigenvalue weighted by Crippen LogP contribution is 2.40. The number of aromatic nitrogens is 1. The molecule has 1 aliphatic carbocycles. The highest BCUT2D eigenvalue weighted by molar-refractivity contribution is 6.10. The number of hydrogen-bond donors (Lipinski definition) is 0. The van der Waals surface area contributed by atoms with E-state index < -0.39 is 0 Å². The van der Waals surface area contributed by atoms with E-state index in [-0.39, 0.29) is 0 Å². The molecule has 2 nitrogen and oxygen atoms in total. The SMILES string of the molecule is C1=CCCC(c2ccc(-n3c4ccccc4c4ccc(N(c5ccccc5)c5ccc(-c6ccc(-c7ccccc7)cc6)cc5)cc43)cc2)=C1. The number of nitrogens with zero attached hydrogens (tertiary/aromatic N) is 2.